The minimum Gasteiger partial charge on any atom is -0.294 e. The average molecular weight is 187 g/mol. The SMILES string of the molecule is CCc1cc(C(C)=O)c(C#N)cc1C. The highest BCUT2D eigenvalue weighted by Crippen LogP contribution is 2.17. The van der Waals surface area contributed by atoms with Crippen molar-refractivity contribution in [3.8, 4) is 6.07 Å². The molecule has 0 atom stereocenters. The Hall–Kier alpha value is -1.62. The predicted molar refractivity (Wildman–Crippen MR) is 55.3 cm³/mol. The van der Waals surface area contributed by atoms with Gasteiger partial charge in [0.05, 0.1) is 11.6 Å². The van der Waals surface area contributed by atoms with E-state index in [0.717, 1.165) is 17.5 Å². The molecule has 0 fully saturated rings. The molecule has 72 valence electrons. The second-order valence-corrected chi connectivity index (χ2v) is 3.35. The molecule has 2 heteroatoms. The molecule has 14 heavy (non-hydrogen) atoms. The molecule has 0 N–H and O–H groups in total. The van der Waals surface area contributed by atoms with E-state index in [4.69, 9.17) is 5.26 Å². The smallest absolute Gasteiger partial charge is 0.161 e. The van der Waals surface area contributed by atoms with Crippen LogP contribution < -0.4 is 0 Å². The molecule has 0 amide bonds. The number of Topliss-reactive ketones (excluding diaryl/α,β-unsaturated/α-hetero) is 1. The second-order valence-electron chi connectivity index (χ2n) is 3.35. The first-order valence-corrected chi connectivity index (χ1v) is 4.64. The number of nitrogens with zero attached hydrogens (tertiary/aromatic N) is 1. The summed E-state index contributed by atoms with van der Waals surface area (Å²) in [5.74, 6) is -0.0451. The van der Waals surface area contributed by atoms with Crippen LogP contribution in [0.25, 0.3) is 0 Å². The monoisotopic (exact) mass is 187 g/mol. The Balaban J connectivity index is 3.42. The number of carbonyl (C=O) groups is 1. The van der Waals surface area contributed by atoms with E-state index in [1.807, 2.05) is 26.0 Å². The molecule has 0 aliphatic rings. The van der Waals surface area contributed by atoms with Gasteiger partial charge in [-0.15, -0.1) is 0 Å². The highest BCUT2D eigenvalue weighted by atomic mass is 16.1. The molecule has 2 nitrogen and oxygen atoms in total. The molecular formula is C12H13NO. The number of nitriles is 1. The summed E-state index contributed by atoms with van der Waals surface area (Å²) < 4.78 is 0. The highest BCUT2D eigenvalue weighted by Gasteiger charge is 2.09. The largest absolute Gasteiger partial charge is 0.294 e. The van der Waals surface area contributed by atoms with Crippen LogP contribution in [0.4, 0.5) is 0 Å². The Morgan fingerprint density at radius 1 is 1.50 bits per heavy atom. The molecule has 0 radical (unpaired) electrons. The molecule has 0 saturated heterocycles. The van der Waals surface area contributed by atoms with Crippen molar-refractivity contribution in [3.05, 3.63) is 34.4 Å². The van der Waals surface area contributed by atoms with Crippen LogP contribution in [0.3, 0.4) is 0 Å². The van der Waals surface area contributed by atoms with Gasteiger partial charge in [0.2, 0.25) is 0 Å². The molecule has 0 heterocycles. The first kappa shape index (κ1) is 10.5. The van der Waals surface area contributed by atoms with Gasteiger partial charge in [-0.3, -0.25) is 4.79 Å². The lowest BCUT2D eigenvalue weighted by molar-refractivity contribution is 0.101. The number of hydrogen-bond acceptors (Lipinski definition) is 2. The third-order valence-corrected chi connectivity index (χ3v) is 2.36. The van der Waals surface area contributed by atoms with Gasteiger partial charge in [-0.2, -0.15) is 5.26 Å². The van der Waals surface area contributed by atoms with Crippen molar-refractivity contribution < 1.29 is 4.79 Å². The summed E-state index contributed by atoms with van der Waals surface area (Å²) in [5.41, 5.74) is 3.23. The van der Waals surface area contributed by atoms with Gasteiger partial charge in [0, 0.05) is 5.56 Å². The molecule has 0 aliphatic heterocycles. The van der Waals surface area contributed by atoms with Crippen LogP contribution in [0.1, 0.15) is 40.9 Å². The van der Waals surface area contributed by atoms with Gasteiger partial charge >= 0.3 is 0 Å². The van der Waals surface area contributed by atoms with Crippen molar-refractivity contribution in [2.24, 2.45) is 0 Å². The Bertz CT molecular complexity index is 413. The molecule has 0 spiro atoms. The zero-order valence-electron chi connectivity index (χ0n) is 8.72. The summed E-state index contributed by atoms with van der Waals surface area (Å²) in [6, 6.07) is 5.67. The lowest BCUT2D eigenvalue weighted by Gasteiger charge is -2.06. The van der Waals surface area contributed by atoms with E-state index < -0.39 is 0 Å². The van der Waals surface area contributed by atoms with Crippen molar-refractivity contribution in [2.45, 2.75) is 27.2 Å². The van der Waals surface area contributed by atoms with E-state index in [1.165, 1.54) is 6.92 Å². The predicted octanol–water partition coefficient (Wildman–Crippen LogP) is 2.63. The first-order valence-electron chi connectivity index (χ1n) is 4.64. The van der Waals surface area contributed by atoms with Gasteiger partial charge in [0.15, 0.2) is 5.78 Å². The highest BCUT2D eigenvalue weighted by molar-refractivity contribution is 5.96. The van der Waals surface area contributed by atoms with E-state index >= 15 is 0 Å². The van der Waals surface area contributed by atoms with Crippen molar-refractivity contribution in [3.63, 3.8) is 0 Å². The van der Waals surface area contributed by atoms with E-state index in [2.05, 4.69) is 0 Å². The molecule has 1 aromatic rings. The van der Waals surface area contributed by atoms with Crippen molar-refractivity contribution in [1.82, 2.24) is 0 Å². The van der Waals surface area contributed by atoms with Crippen LogP contribution in [0.15, 0.2) is 12.1 Å². The molecule has 1 aromatic carbocycles. The minimum atomic E-state index is -0.0451. The zero-order valence-corrected chi connectivity index (χ0v) is 8.72. The fourth-order valence-electron chi connectivity index (χ4n) is 1.52. The second kappa shape index (κ2) is 4.06. The van der Waals surface area contributed by atoms with Crippen LogP contribution in [0.2, 0.25) is 0 Å². The lowest BCUT2D eigenvalue weighted by Crippen LogP contribution is -2.00. The van der Waals surface area contributed by atoms with Crippen molar-refractivity contribution >= 4 is 5.78 Å². The average Bonchev–Trinajstić information content (AvgIpc) is 2.16. The fraction of sp³-hybridized carbons (Fsp3) is 0.333. The number of hydrogen-bond donors (Lipinski definition) is 0. The Morgan fingerprint density at radius 3 is 2.57 bits per heavy atom. The van der Waals surface area contributed by atoms with Crippen molar-refractivity contribution in [1.29, 1.82) is 5.26 Å². The van der Waals surface area contributed by atoms with Gasteiger partial charge in [0.25, 0.3) is 0 Å². The van der Waals surface area contributed by atoms with Gasteiger partial charge in [-0.1, -0.05) is 6.92 Å². The number of aryl methyl sites for hydroxylation is 2. The topological polar surface area (TPSA) is 40.9 Å². The van der Waals surface area contributed by atoms with Crippen LogP contribution >= 0.6 is 0 Å². The first-order chi connectivity index (χ1) is 6.60. The van der Waals surface area contributed by atoms with Crippen LogP contribution in [0, 0.1) is 18.3 Å². The molecule has 0 unspecified atom stereocenters. The standard InChI is InChI=1S/C12H13NO/c1-4-10-6-12(9(3)14)11(7-13)5-8(10)2/h5-6H,4H2,1-3H3. The molecular weight excluding hydrogens is 174 g/mol. The summed E-state index contributed by atoms with van der Waals surface area (Å²) in [7, 11) is 0. The zero-order chi connectivity index (χ0) is 10.7. The maximum absolute atomic E-state index is 11.3. The summed E-state index contributed by atoms with van der Waals surface area (Å²) >= 11 is 0. The van der Waals surface area contributed by atoms with E-state index in [1.54, 1.807) is 6.07 Å². The van der Waals surface area contributed by atoms with Gasteiger partial charge in [-0.05, 0) is 43.5 Å². The third-order valence-electron chi connectivity index (χ3n) is 2.36. The Kier molecular flexibility index (Phi) is 3.03. The molecule has 0 bridgehead atoms. The molecule has 0 saturated carbocycles. The van der Waals surface area contributed by atoms with E-state index in [-0.39, 0.29) is 5.78 Å². The minimum absolute atomic E-state index is 0.0451. The third kappa shape index (κ3) is 1.82. The van der Waals surface area contributed by atoms with E-state index in [0.29, 0.717) is 11.1 Å². The van der Waals surface area contributed by atoms with Crippen LogP contribution in [0.5, 0.6) is 0 Å². The van der Waals surface area contributed by atoms with E-state index in [9.17, 15) is 4.79 Å². The maximum atomic E-state index is 11.3. The number of benzene rings is 1. The lowest BCUT2D eigenvalue weighted by atomic mass is 9.96. The number of rotatable bonds is 2. The molecule has 0 aromatic heterocycles. The number of carbonyl (C=O) groups excluding carboxylic acids is 1. The quantitative estimate of drug-likeness (QED) is 0.668. The normalized spacial score (nSPS) is 9.57. The molecule has 1 rings (SSSR count). The van der Waals surface area contributed by atoms with Gasteiger partial charge < -0.3 is 0 Å². The number of ketones is 1. The van der Waals surface area contributed by atoms with Crippen LogP contribution in [-0.2, 0) is 6.42 Å². The molecule has 0 aliphatic carbocycles. The summed E-state index contributed by atoms with van der Waals surface area (Å²) in [5, 5.41) is 8.85. The summed E-state index contributed by atoms with van der Waals surface area (Å²) in [4.78, 5) is 11.3. The van der Waals surface area contributed by atoms with Crippen molar-refractivity contribution in [2.75, 3.05) is 0 Å². The summed E-state index contributed by atoms with van der Waals surface area (Å²) in [6.07, 6.45) is 0.887. The Morgan fingerprint density at radius 2 is 2.14 bits per heavy atom. The fourth-order valence-corrected chi connectivity index (χ4v) is 1.52. The van der Waals surface area contributed by atoms with Crippen LogP contribution in [-0.4, -0.2) is 5.78 Å². The van der Waals surface area contributed by atoms with Gasteiger partial charge in [-0.25, -0.2) is 0 Å². The Labute approximate surface area is 84.2 Å². The summed E-state index contributed by atoms with van der Waals surface area (Å²) in [6.45, 7) is 5.49. The van der Waals surface area contributed by atoms with Gasteiger partial charge in [0.1, 0.15) is 0 Å². The maximum Gasteiger partial charge on any atom is 0.161 e.